The van der Waals surface area contributed by atoms with Gasteiger partial charge in [0.1, 0.15) is 0 Å². The Balaban J connectivity index is 2.46. The number of carbonyl (C=O) groups is 1. The zero-order valence-corrected chi connectivity index (χ0v) is 14.8. The Bertz CT molecular complexity index is 472. The number of carboxylic acid groups (broad SMARTS) is 1. The Morgan fingerprint density at radius 1 is 1.33 bits per heavy atom. The lowest BCUT2D eigenvalue weighted by atomic mass is 9.87. The van der Waals surface area contributed by atoms with E-state index in [0.717, 1.165) is 23.1 Å². The molecule has 118 valence electrons. The second kappa shape index (κ2) is 8.54. The zero-order valence-electron chi connectivity index (χ0n) is 13.2. The number of rotatable bonds is 9. The Kier molecular flexibility index (Phi) is 7.40. The van der Waals surface area contributed by atoms with Gasteiger partial charge in [0.05, 0.1) is 5.56 Å². The molecule has 0 spiro atoms. The summed E-state index contributed by atoms with van der Waals surface area (Å²) in [6.45, 7) is 8.52. The van der Waals surface area contributed by atoms with E-state index in [1.54, 1.807) is 12.1 Å². The number of benzene rings is 1. The van der Waals surface area contributed by atoms with E-state index in [-0.39, 0.29) is 0 Å². The summed E-state index contributed by atoms with van der Waals surface area (Å²) in [7, 11) is 0. The predicted octanol–water partition coefficient (Wildman–Crippen LogP) is 4.84. The number of nitrogens with one attached hydrogen (secondary N) is 1. The minimum absolute atomic E-state index is 0.294. The van der Waals surface area contributed by atoms with Gasteiger partial charge in [-0.3, -0.25) is 0 Å². The van der Waals surface area contributed by atoms with Crippen molar-refractivity contribution in [2.75, 3.05) is 6.54 Å². The summed E-state index contributed by atoms with van der Waals surface area (Å²) in [6, 6.07) is 5.17. The number of hydrogen-bond acceptors (Lipinski definition) is 2. The summed E-state index contributed by atoms with van der Waals surface area (Å²) in [5.74, 6) is -0.896. The first-order valence-corrected chi connectivity index (χ1v) is 8.37. The molecule has 2 N–H and O–H groups in total. The molecule has 0 heterocycles. The second-order valence-electron chi connectivity index (χ2n) is 6.34. The molecule has 0 amide bonds. The minimum Gasteiger partial charge on any atom is -0.478 e. The number of carboxylic acids is 1. The van der Waals surface area contributed by atoms with Gasteiger partial charge in [0.15, 0.2) is 0 Å². The maximum atomic E-state index is 10.9. The van der Waals surface area contributed by atoms with Crippen molar-refractivity contribution in [2.45, 2.75) is 53.0 Å². The first kappa shape index (κ1) is 18.2. The molecule has 1 rings (SSSR count). The smallest absolute Gasteiger partial charge is 0.335 e. The molecule has 0 unspecified atom stereocenters. The monoisotopic (exact) mass is 355 g/mol. The molecule has 0 saturated carbocycles. The summed E-state index contributed by atoms with van der Waals surface area (Å²) in [5.41, 5.74) is 1.69. The molecule has 0 aliphatic rings. The van der Waals surface area contributed by atoms with Crippen LogP contribution in [0.1, 0.15) is 62.4 Å². The lowest BCUT2D eigenvalue weighted by Gasteiger charge is -2.25. The lowest BCUT2D eigenvalue weighted by Crippen LogP contribution is -2.29. The molecule has 0 saturated heterocycles. The number of unbranched alkanes of at least 4 members (excludes halogenated alkanes) is 2. The normalized spacial score (nSPS) is 11.6. The molecule has 0 radical (unpaired) electrons. The van der Waals surface area contributed by atoms with Crippen LogP contribution in [0.2, 0.25) is 0 Å². The van der Waals surface area contributed by atoms with Crippen molar-refractivity contribution in [3.05, 3.63) is 33.8 Å². The van der Waals surface area contributed by atoms with Crippen LogP contribution in [0, 0.1) is 5.41 Å². The van der Waals surface area contributed by atoms with Crippen LogP contribution in [-0.4, -0.2) is 17.6 Å². The highest BCUT2D eigenvalue weighted by molar-refractivity contribution is 9.10. The fraction of sp³-hybridized carbons (Fsp3) is 0.588. The molecule has 0 atom stereocenters. The van der Waals surface area contributed by atoms with Crippen LogP contribution in [-0.2, 0) is 6.54 Å². The second-order valence-corrected chi connectivity index (χ2v) is 7.19. The van der Waals surface area contributed by atoms with E-state index in [1.807, 2.05) is 6.07 Å². The maximum Gasteiger partial charge on any atom is 0.335 e. The van der Waals surface area contributed by atoms with E-state index in [1.165, 1.54) is 25.7 Å². The first-order valence-electron chi connectivity index (χ1n) is 7.58. The summed E-state index contributed by atoms with van der Waals surface area (Å²) in [4.78, 5) is 10.9. The largest absolute Gasteiger partial charge is 0.478 e. The third-order valence-electron chi connectivity index (χ3n) is 3.68. The fourth-order valence-corrected chi connectivity index (χ4v) is 2.82. The van der Waals surface area contributed by atoms with Gasteiger partial charge >= 0.3 is 5.97 Å². The van der Waals surface area contributed by atoms with Gasteiger partial charge in [-0.05, 0) is 29.5 Å². The fourth-order valence-electron chi connectivity index (χ4n) is 2.30. The van der Waals surface area contributed by atoms with Gasteiger partial charge in [-0.15, -0.1) is 0 Å². The van der Waals surface area contributed by atoms with Gasteiger partial charge in [0.25, 0.3) is 0 Å². The summed E-state index contributed by atoms with van der Waals surface area (Å²) in [5, 5.41) is 12.4. The molecule has 0 aromatic heterocycles. The molecular weight excluding hydrogens is 330 g/mol. The highest BCUT2D eigenvalue weighted by Gasteiger charge is 2.16. The molecule has 0 aliphatic carbocycles. The molecule has 1 aromatic carbocycles. The summed E-state index contributed by atoms with van der Waals surface area (Å²) in [6.07, 6.45) is 5.06. The average molecular weight is 356 g/mol. The summed E-state index contributed by atoms with van der Waals surface area (Å²) >= 11 is 3.44. The van der Waals surface area contributed by atoms with Crippen LogP contribution in [0.5, 0.6) is 0 Å². The van der Waals surface area contributed by atoms with Crippen LogP contribution >= 0.6 is 15.9 Å². The molecule has 21 heavy (non-hydrogen) atoms. The van der Waals surface area contributed by atoms with Gasteiger partial charge in [-0.25, -0.2) is 4.79 Å². The summed E-state index contributed by atoms with van der Waals surface area (Å²) < 4.78 is 0.846. The van der Waals surface area contributed by atoms with Gasteiger partial charge in [0.2, 0.25) is 0 Å². The standard InChI is InChI=1S/C17H26BrNO2/c1-4-5-6-9-17(2,3)12-19-11-14-8-7-13(16(20)21)10-15(14)18/h7-8,10,19H,4-6,9,11-12H2,1-3H3,(H,20,21). The van der Waals surface area contributed by atoms with E-state index in [0.29, 0.717) is 11.0 Å². The highest BCUT2D eigenvalue weighted by Crippen LogP contribution is 2.23. The van der Waals surface area contributed by atoms with Gasteiger partial charge in [0, 0.05) is 17.6 Å². The minimum atomic E-state index is -0.896. The molecule has 0 aliphatic heterocycles. The maximum absolute atomic E-state index is 10.9. The topological polar surface area (TPSA) is 49.3 Å². The van der Waals surface area contributed by atoms with Gasteiger partial charge < -0.3 is 10.4 Å². The van der Waals surface area contributed by atoms with E-state index in [4.69, 9.17) is 5.11 Å². The predicted molar refractivity (Wildman–Crippen MR) is 90.7 cm³/mol. The van der Waals surface area contributed by atoms with E-state index in [2.05, 4.69) is 42.0 Å². The SMILES string of the molecule is CCCCCC(C)(C)CNCc1ccc(C(=O)O)cc1Br. The van der Waals surface area contributed by atoms with Crippen molar-refractivity contribution in [1.82, 2.24) is 5.32 Å². The van der Waals surface area contributed by atoms with Crippen molar-refractivity contribution in [1.29, 1.82) is 0 Å². The Morgan fingerprint density at radius 2 is 2.05 bits per heavy atom. The van der Waals surface area contributed by atoms with Crippen LogP contribution in [0.15, 0.2) is 22.7 Å². The van der Waals surface area contributed by atoms with Crippen LogP contribution < -0.4 is 5.32 Å². The van der Waals surface area contributed by atoms with Crippen molar-refractivity contribution in [3.8, 4) is 0 Å². The van der Waals surface area contributed by atoms with E-state index in [9.17, 15) is 4.79 Å². The van der Waals surface area contributed by atoms with Crippen molar-refractivity contribution >= 4 is 21.9 Å². The lowest BCUT2D eigenvalue weighted by molar-refractivity contribution is 0.0697. The quantitative estimate of drug-likeness (QED) is 0.622. The number of hydrogen-bond donors (Lipinski definition) is 2. The van der Waals surface area contributed by atoms with Crippen molar-refractivity contribution < 1.29 is 9.90 Å². The molecule has 0 fully saturated rings. The molecule has 3 nitrogen and oxygen atoms in total. The molecule has 4 heteroatoms. The Labute approximate surface area is 136 Å². The van der Waals surface area contributed by atoms with Gasteiger partial charge in [-0.2, -0.15) is 0 Å². The highest BCUT2D eigenvalue weighted by atomic mass is 79.9. The Morgan fingerprint density at radius 3 is 2.62 bits per heavy atom. The van der Waals surface area contributed by atoms with E-state index >= 15 is 0 Å². The number of halogens is 1. The molecular formula is C17H26BrNO2. The third-order valence-corrected chi connectivity index (χ3v) is 4.41. The van der Waals surface area contributed by atoms with Crippen LogP contribution in [0.3, 0.4) is 0 Å². The zero-order chi connectivity index (χ0) is 15.9. The first-order chi connectivity index (χ1) is 9.85. The third kappa shape index (κ3) is 6.62. The van der Waals surface area contributed by atoms with Crippen molar-refractivity contribution in [2.24, 2.45) is 5.41 Å². The van der Waals surface area contributed by atoms with Crippen LogP contribution in [0.25, 0.3) is 0 Å². The molecule has 1 aromatic rings. The van der Waals surface area contributed by atoms with Crippen LogP contribution in [0.4, 0.5) is 0 Å². The van der Waals surface area contributed by atoms with Gasteiger partial charge in [-0.1, -0.05) is 62.0 Å². The number of aromatic carboxylic acids is 1. The molecule has 0 bridgehead atoms. The van der Waals surface area contributed by atoms with Crippen molar-refractivity contribution in [3.63, 3.8) is 0 Å². The average Bonchev–Trinajstić information content (AvgIpc) is 2.40. The van der Waals surface area contributed by atoms with E-state index < -0.39 is 5.97 Å². The Hall–Kier alpha value is -0.870.